The molecule has 0 saturated carbocycles. The second kappa shape index (κ2) is 4.91. The highest BCUT2D eigenvalue weighted by atomic mass is 79.9. The van der Waals surface area contributed by atoms with Gasteiger partial charge in [-0.05, 0) is 22.4 Å². The van der Waals surface area contributed by atoms with Crippen molar-refractivity contribution < 1.29 is 18.7 Å². The van der Waals surface area contributed by atoms with Crippen LogP contribution in [0.2, 0.25) is 0 Å². The average Bonchev–Trinajstić information content (AvgIpc) is 2.51. The van der Waals surface area contributed by atoms with Gasteiger partial charge in [0.15, 0.2) is 6.10 Å². The van der Waals surface area contributed by atoms with Crippen molar-refractivity contribution in [2.75, 3.05) is 6.67 Å². The average molecular weight is 308 g/mol. The summed E-state index contributed by atoms with van der Waals surface area (Å²) in [5.41, 5.74) is -1.08. The third-order valence-corrected chi connectivity index (χ3v) is 4.06. The number of hydrogen-bond donors (Lipinski definition) is 0. The van der Waals surface area contributed by atoms with Crippen LogP contribution in [0.5, 0.6) is 0 Å². The van der Waals surface area contributed by atoms with Crippen LogP contribution in [-0.2, 0) is 14.3 Å². The van der Waals surface area contributed by atoms with Gasteiger partial charge in [0.1, 0.15) is 18.3 Å². The number of esters is 1. The SMILES string of the molecule is CC[C@@]1(CF)OC(Br)(C#N)[C@H](OC(C)=O)[C@@H]1C. The van der Waals surface area contributed by atoms with Gasteiger partial charge in [-0.25, -0.2) is 4.39 Å². The molecule has 0 bridgehead atoms. The van der Waals surface area contributed by atoms with Gasteiger partial charge in [0.25, 0.3) is 0 Å². The van der Waals surface area contributed by atoms with E-state index in [2.05, 4.69) is 15.9 Å². The van der Waals surface area contributed by atoms with Crippen molar-refractivity contribution in [2.24, 2.45) is 5.92 Å². The van der Waals surface area contributed by atoms with Crippen LogP contribution in [0.3, 0.4) is 0 Å². The topological polar surface area (TPSA) is 59.3 Å². The van der Waals surface area contributed by atoms with Gasteiger partial charge in [0, 0.05) is 12.8 Å². The fraction of sp³-hybridized carbons (Fsp3) is 0.818. The molecule has 0 amide bonds. The van der Waals surface area contributed by atoms with Crippen molar-refractivity contribution in [3.8, 4) is 6.07 Å². The van der Waals surface area contributed by atoms with Crippen molar-refractivity contribution in [2.45, 2.75) is 43.4 Å². The van der Waals surface area contributed by atoms with Crippen molar-refractivity contribution in [3.05, 3.63) is 0 Å². The predicted octanol–water partition coefficient (Wildman–Crippen LogP) is 2.32. The Kier molecular flexibility index (Phi) is 4.15. The Hall–Kier alpha value is -0.670. The molecule has 1 aliphatic heterocycles. The lowest BCUT2D eigenvalue weighted by Gasteiger charge is -2.28. The highest BCUT2D eigenvalue weighted by Crippen LogP contribution is 2.49. The lowest BCUT2D eigenvalue weighted by atomic mass is 9.85. The number of rotatable bonds is 3. The van der Waals surface area contributed by atoms with E-state index in [4.69, 9.17) is 14.7 Å². The second-order valence-corrected chi connectivity index (χ2v) is 5.41. The molecule has 0 aromatic heterocycles. The largest absolute Gasteiger partial charge is 0.457 e. The highest BCUT2D eigenvalue weighted by Gasteiger charge is 2.61. The third kappa shape index (κ3) is 2.31. The maximum atomic E-state index is 13.2. The quantitative estimate of drug-likeness (QED) is 0.593. The van der Waals surface area contributed by atoms with Crippen LogP contribution >= 0.6 is 15.9 Å². The van der Waals surface area contributed by atoms with Crippen LogP contribution in [0.25, 0.3) is 0 Å². The molecule has 0 aromatic carbocycles. The van der Waals surface area contributed by atoms with Crippen molar-refractivity contribution in [1.29, 1.82) is 5.26 Å². The van der Waals surface area contributed by atoms with Gasteiger partial charge in [0.2, 0.25) is 4.51 Å². The molecule has 17 heavy (non-hydrogen) atoms. The van der Waals surface area contributed by atoms with E-state index in [0.717, 1.165) is 0 Å². The zero-order valence-electron chi connectivity index (χ0n) is 10.00. The normalized spacial score (nSPS) is 40.9. The minimum absolute atomic E-state index is 0.400. The van der Waals surface area contributed by atoms with Gasteiger partial charge in [-0.1, -0.05) is 13.8 Å². The van der Waals surface area contributed by atoms with E-state index >= 15 is 0 Å². The number of ether oxygens (including phenoxy) is 2. The number of alkyl halides is 2. The summed E-state index contributed by atoms with van der Waals surface area (Å²) in [4.78, 5) is 11.0. The predicted molar refractivity (Wildman–Crippen MR) is 62.1 cm³/mol. The summed E-state index contributed by atoms with van der Waals surface area (Å²) in [6.07, 6.45) is -0.419. The lowest BCUT2D eigenvalue weighted by Crippen LogP contribution is -2.39. The fourth-order valence-electron chi connectivity index (χ4n) is 2.12. The highest BCUT2D eigenvalue weighted by molar-refractivity contribution is 9.10. The fourth-order valence-corrected chi connectivity index (χ4v) is 2.94. The molecule has 0 aliphatic carbocycles. The summed E-state index contributed by atoms with van der Waals surface area (Å²) >= 11 is 3.11. The lowest BCUT2D eigenvalue weighted by molar-refractivity contribution is -0.149. The number of halogens is 2. The third-order valence-electron chi connectivity index (χ3n) is 3.27. The van der Waals surface area contributed by atoms with Gasteiger partial charge >= 0.3 is 5.97 Å². The maximum Gasteiger partial charge on any atom is 0.303 e. The maximum absolute atomic E-state index is 13.2. The van der Waals surface area contributed by atoms with Crippen molar-refractivity contribution >= 4 is 21.9 Å². The molecule has 1 unspecified atom stereocenters. The van der Waals surface area contributed by atoms with Crippen LogP contribution < -0.4 is 0 Å². The summed E-state index contributed by atoms with van der Waals surface area (Å²) in [6.45, 7) is 4.02. The molecule has 1 heterocycles. The van der Waals surface area contributed by atoms with Crippen LogP contribution in [0.4, 0.5) is 4.39 Å². The molecule has 4 atom stereocenters. The molecule has 1 aliphatic rings. The Morgan fingerprint density at radius 2 is 2.29 bits per heavy atom. The number of nitriles is 1. The van der Waals surface area contributed by atoms with Gasteiger partial charge in [-0.3, -0.25) is 4.79 Å². The zero-order chi connectivity index (χ0) is 13.3. The standard InChI is InChI=1S/C11H15BrFNO3/c1-4-10(5-13)7(2)9(16-8(3)15)11(12,6-14)17-10/h7,9H,4-5H2,1-3H3/t7-,9+,10-,11?/m0/s1. The molecule has 96 valence electrons. The van der Waals surface area contributed by atoms with Gasteiger partial charge in [-0.15, -0.1) is 0 Å². The first-order chi connectivity index (χ1) is 7.85. The van der Waals surface area contributed by atoms with Crippen molar-refractivity contribution in [3.63, 3.8) is 0 Å². The van der Waals surface area contributed by atoms with Crippen LogP contribution in [0.15, 0.2) is 0 Å². The number of carbonyl (C=O) groups excluding carboxylic acids is 1. The number of hydrogen-bond acceptors (Lipinski definition) is 4. The first kappa shape index (κ1) is 14.4. The Morgan fingerprint density at radius 3 is 2.65 bits per heavy atom. The molecule has 0 radical (unpaired) electrons. The first-order valence-corrected chi connectivity index (χ1v) is 6.18. The minimum atomic E-state index is -1.47. The number of nitrogens with zero attached hydrogens (tertiary/aromatic N) is 1. The van der Waals surface area contributed by atoms with E-state index in [1.165, 1.54) is 6.92 Å². The molecule has 0 aromatic rings. The van der Waals surface area contributed by atoms with E-state index in [1.54, 1.807) is 13.8 Å². The molecule has 0 N–H and O–H groups in total. The van der Waals surface area contributed by atoms with Crippen molar-refractivity contribution in [1.82, 2.24) is 0 Å². The summed E-state index contributed by atoms with van der Waals surface area (Å²) in [7, 11) is 0. The Labute approximate surface area is 108 Å². The molecule has 1 rings (SSSR count). The Morgan fingerprint density at radius 1 is 1.71 bits per heavy atom. The molecule has 1 saturated heterocycles. The molecule has 1 fully saturated rings. The molecular weight excluding hydrogens is 293 g/mol. The van der Waals surface area contributed by atoms with Gasteiger partial charge in [0.05, 0.1) is 0 Å². The summed E-state index contributed by atoms with van der Waals surface area (Å²) in [5.74, 6) is -0.921. The van der Waals surface area contributed by atoms with Crippen LogP contribution in [0, 0.1) is 17.2 Å². The van der Waals surface area contributed by atoms with E-state index in [9.17, 15) is 9.18 Å². The van der Waals surface area contributed by atoms with Gasteiger partial charge < -0.3 is 9.47 Å². The van der Waals surface area contributed by atoms with Crippen LogP contribution in [0.1, 0.15) is 27.2 Å². The Bertz CT molecular complexity index is 353. The molecular formula is C11H15BrFNO3. The summed E-state index contributed by atoms with van der Waals surface area (Å²) in [6, 6.07) is 1.90. The van der Waals surface area contributed by atoms with Crippen LogP contribution in [-0.4, -0.2) is 28.9 Å². The zero-order valence-corrected chi connectivity index (χ0v) is 11.6. The summed E-state index contributed by atoms with van der Waals surface area (Å²) < 4.78 is 22.3. The van der Waals surface area contributed by atoms with E-state index in [1.807, 2.05) is 6.07 Å². The van der Waals surface area contributed by atoms with E-state index < -0.39 is 34.8 Å². The second-order valence-electron chi connectivity index (χ2n) is 4.23. The first-order valence-electron chi connectivity index (χ1n) is 5.38. The molecule has 6 heteroatoms. The minimum Gasteiger partial charge on any atom is -0.457 e. The smallest absolute Gasteiger partial charge is 0.303 e. The number of carbonyl (C=O) groups is 1. The van der Waals surface area contributed by atoms with E-state index in [-0.39, 0.29) is 0 Å². The molecule has 0 spiro atoms. The monoisotopic (exact) mass is 307 g/mol. The van der Waals surface area contributed by atoms with Gasteiger partial charge in [-0.2, -0.15) is 5.26 Å². The molecule has 4 nitrogen and oxygen atoms in total. The summed E-state index contributed by atoms with van der Waals surface area (Å²) in [5, 5.41) is 9.11. The Balaban J connectivity index is 3.10. The van der Waals surface area contributed by atoms with E-state index in [0.29, 0.717) is 6.42 Å².